The SMILES string of the molecule is Cc1ccc(-c2cc[c]cc2)cc1C. The predicted octanol–water partition coefficient (Wildman–Crippen LogP) is 3.77. The fourth-order valence-corrected chi connectivity index (χ4v) is 1.50. The van der Waals surface area contributed by atoms with Gasteiger partial charge in [0.05, 0.1) is 0 Å². The van der Waals surface area contributed by atoms with Gasteiger partial charge in [-0.25, -0.2) is 0 Å². The summed E-state index contributed by atoms with van der Waals surface area (Å²) in [5, 5.41) is 0. The molecule has 0 heterocycles. The maximum atomic E-state index is 3.03. The summed E-state index contributed by atoms with van der Waals surface area (Å²) < 4.78 is 0. The molecule has 0 aliphatic rings. The van der Waals surface area contributed by atoms with Crippen LogP contribution in [0.1, 0.15) is 11.1 Å². The molecule has 0 N–H and O–H groups in total. The number of hydrogen-bond acceptors (Lipinski definition) is 0. The third kappa shape index (κ3) is 1.69. The quantitative estimate of drug-likeness (QED) is 0.628. The minimum atomic E-state index is 1.26. The van der Waals surface area contributed by atoms with Gasteiger partial charge in [-0.3, -0.25) is 0 Å². The molecule has 69 valence electrons. The highest BCUT2D eigenvalue weighted by molar-refractivity contribution is 5.64. The minimum absolute atomic E-state index is 1.26. The Kier molecular flexibility index (Phi) is 2.36. The Morgan fingerprint density at radius 2 is 1.50 bits per heavy atom. The zero-order valence-electron chi connectivity index (χ0n) is 8.54. The molecule has 0 unspecified atom stereocenters. The van der Waals surface area contributed by atoms with Crippen LogP contribution in [0.2, 0.25) is 0 Å². The van der Waals surface area contributed by atoms with E-state index in [1.807, 2.05) is 12.1 Å². The molecule has 14 heavy (non-hydrogen) atoms. The van der Waals surface area contributed by atoms with Crippen molar-refractivity contribution in [3.05, 3.63) is 59.7 Å². The molecule has 0 aliphatic heterocycles. The molecule has 0 atom stereocenters. The van der Waals surface area contributed by atoms with Gasteiger partial charge in [-0.1, -0.05) is 42.5 Å². The summed E-state index contributed by atoms with van der Waals surface area (Å²) in [5.41, 5.74) is 5.22. The minimum Gasteiger partial charge on any atom is -0.0584 e. The Hall–Kier alpha value is -1.56. The van der Waals surface area contributed by atoms with Gasteiger partial charge in [0.1, 0.15) is 0 Å². The van der Waals surface area contributed by atoms with E-state index in [0.29, 0.717) is 0 Å². The van der Waals surface area contributed by atoms with Crippen LogP contribution in [-0.4, -0.2) is 0 Å². The van der Waals surface area contributed by atoms with E-state index in [2.05, 4.69) is 50.2 Å². The van der Waals surface area contributed by atoms with E-state index in [9.17, 15) is 0 Å². The zero-order chi connectivity index (χ0) is 9.97. The molecule has 0 spiro atoms. The van der Waals surface area contributed by atoms with Gasteiger partial charge in [0.25, 0.3) is 0 Å². The molecule has 0 aromatic heterocycles. The molecule has 0 fully saturated rings. The van der Waals surface area contributed by atoms with Crippen LogP contribution in [0.15, 0.2) is 42.5 Å². The lowest BCUT2D eigenvalue weighted by Crippen LogP contribution is -1.82. The third-order valence-electron chi connectivity index (χ3n) is 2.56. The second-order valence-corrected chi connectivity index (χ2v) is 3.59. The summed E-state index contributed by atoms with van der Waals surface area (Å²) in [7, 11) is 0. The van der Waals surface area contributed by atoms with Crippen molar-refractivity contribution in [2.24, 2.45) is 0 Å². The lowest BCUT2D eigenvalue weighted by Gasteiger charge is -2.04. The summed E-state index contributed by atoms with van der Waals surface area (Å²) in [4.78, 5) is 0. The van der Waals surface area contributed by atoms with Crippen molar-refractivity contribution in [1.29, 1.82) is 0 Å². The van der Waals surface area contributed by atoms with Crippen molar-refractivity contribution in [2.75, 3.05) is 0 Å². The van der Waals surface area contributed by atoms with Gasteiger partial charge in [-0.2, -0.15) is 0 Å². The number of hydrogen-bond donors (Lipinski definition) is 0. The molecule has 0 heteroatoms. The normalized spacial score (nSPS) is 10.1. The number of benzene rings is 2. The van der Waals surface area contributed by atoms with Crippen molar-refractivity contribution in [1.82, 2.24) is 0 Å². The van der Waals surface area contributed by atoms with Crippen LogP contribution >= 0.6 is 0 Å². The van der Waals surface area contributed by atoms with Gasteiger partial charge < -0.3 is 0 Å². The zero-order valence-corrected chi connectivity index (χ0v) is 8.54. The lowest BCUT2D eigenvalue weighted by atomic mass is 10.0. The first-order chi connectivity index (χ1) is 6.77. The lowest BCUT2D eigenvalue weighted by molar-refractivity contribution is 1.34. The fourth-order valence-electron chi connectivity index (χ4n) is 1.50. The fraction of sp³-hybridized carbons (Fsp3) is 0.143. The molecule has 2 aromatic carbocycles. The Labute approximate surface area is 85.2 Å². The topological polar surface area (TPSA) is 0 Å². The van der Waals surface area contributed by atoms with Crippen LogP contribution in [0.3, 0.4) is 0 Å². The van der Waals surface area contributed by atoms with Crippen molar-refractivity contribution in [3.63, 3.8) is 0 Å². The van der Waals surface area contributed by atoms with Crippen LogP contribution in [0.4, 0.5) is 0 Å². The highest BCUT2D eigenvalue weighted by Crippen LogP contribution is 2.21. The molecule has 0 amide bonds. The summed E-state index contributed by atoms with van der Waals surface area (Å²) >= 11 is 0. The molecule has 2 rings (SSSR count). The van der Waals surface area contributed by atoms with Gasteiger partial charge in [0.15, 0.2) is 0 Å². The monoisotopic (exact) mass is 181 g/mol. The van der Waals surface area contributed by atoms with Gasteiger partial charge in [0.2, 0.25) is 0 Å². The largest absolute Gasteiger partial charge is 0.0584 e. The van der Waals surface area contributed by atoms with E-state index in [4.69, 9.17) is 0 Å². The van der Waals surface area contributed by atoms with E-state index < -0.39 is 0 Å². The summed E-state index contributed by atoms with van der Waals surface area (Å²) in [5.74, 6) is 0. The van der Waals surface area contributed by atoms with Crippen molar-refractivity contribution in [3.8, 4) is 11.1 Å². The maximum Gasteiger partial charge on any atom is -0.0181 e. The van der Waals surface area contributed by atoms with Crippen LogP contribution in [-0.2, 0) is 0 Å². The molecule has 1 radical (unpaired) electrons. The molecule has 0 bridgehead atoms. The molecule has 0 nitrogen and oxygen atoms in total. The molecule has 0 saturated heterocycles. The second-order valence-electron chi connectivity index (χ2n) is 3.59. The van der Waals surface area contributed by atoms with Gasteiger partial charge in [-0.15, -0.1) is 0 Å². The molecule has 2 aromatic rings. The van der Waals surface area contributed by atoms with Crippen LogP contribution in [0, 0.1) is 19.9 Å². The Balaban J connectivity index is 2.48. The molecule has 0 saturated carbocycles. The van der Waals surface area contributed by atoms with Gasteiger partial charge in [0, 0.05) is 0 Å². The van der Waals surface area contributed by atoms with E-state index in [1.54, 1.807) is 0 Å². The average Bonchev–Trinajstić information content (AvgIpc) is 2.23. The van der Waals surface area contributed by atoms with E-state index in [1.165, 1.54) is 22.3 Å². The molecular weight excluding hydrogens is 168 g/mol. The standard InChI is InChI=1S/C14H13/c1-11-8-9-14(10-12(11)2)13-6-4-3-5-7-13/h4-10H,1-2H3. The van der Waals surface area contributed by atoms with Crippen LogP contribution in [0.5, 0.6) is 0 Å². The first-order valence-corrected chi connectivity index (χ1v) is 4.81. The second kappa shape index (κ2) is 3.67. The number of rotatable bonds is 1. The Morgan fingerprint density at radius 1 is 0.786 bits per heavy atom. The molecule has 0 aliphatic carbocycles. The van der Waals surface area contributed by atoms with Crippen molar-refractivity contribution in [2.45, 2.75) is 13.8 Å². The van der Waals surface area contributed by atoms with Crippen LogP contribution in [0.25, 0.3) is 11.1 Å². The summed E-state index contributed by atoms with van der Waals surface area (Å²) in [6.45, 7) is 4.28. The highest BCUT2D eigenvalue weighted by atomic mass is 14.0. The van der Waals surface area contributed by atoms with Crippen molar-refractivity contribution < 1.29 is 0 Å². The first-order valence-electron chi connectivity index (χ1n) is 4.81. The van der Waals surface area contributed by atoms with Crippen LogP contribution < -0.4 is 0 Å². The third-order valence-corrected chi connectivity index (χ3v) is 2.56. The smallest absolute Gasteiger partial charge is 0.0181 e. The average molecular weight is 181 g/mol. The first kappa shape index (κ1) is 9.01. The number of aryl methyl sites for hydroxylation is 2. The van der Waals surface area contributed by atoms with E-state index in [0.717, 1.165) is 0 Å². The van der Waals surface area contributed by atoms with Gasteiger partial charge >= 0.3 is 0 Å². The van der Waals surface area contributed by atoms with Crippen molar-refractivity contribution >= 4 is 0 Å². The highest BCUT2D eigenvalue weighted by Gasteiger charge is 1.97. The van der Waals surface area contributed by atoms with E-state index in [-0.39, 0.29) is 0 Å². The predicted molar refractivity (Wildman–Crippen MR) is 60.2 cm³/mol. The van der Waals surface area contributed by atoms with E-state index >= 15 is 0 Å². The maximum absolute atomic E-state index is 3.03. The molecular formula is C14H13. The Bertz CT molecular complexity index is 427. The Morgan fingerprint density at radius 3 is 2.14 bits per heavy atom. The van der Waals surface area contributed by atoms with Gasteiger partial charge in [-0.05, 0) is 42.2 Å². The summed E-state index contributed by atoms with van der Waals surface area (Å²) in [6, 6.07) is 17.7. The summed E-state index contributed by atoms with van der Waals surface area (Å²) in [6.07, 6.45) is 0.